The van der Waals surface area contributed by atoms with E-state index in [9.17, 15) is 9.59 Å². The van der Waals surface area contributed by atoms with Gasteiger partial charge < -0.3 is 14.8 Å². The van der Waals surface area contributed by atoms with Crippen LogP contribution in [-0.4, -0.2) is 25.4 Å². The van der Waals surface area contributed by atoms with E-state index in [1.54, 1.807) is 54.6 Å². The highest BCUT2D eigenvalue weighted by molar-refractivity contribution is 6.32. The van der Waals surface area contributed by atoms with E-state index in [2.05, 4.69) is 5.32 Å². The maximum Gasteiger partial charge on any atom is 0.262 e. The molecule has 0 heterocycles. The van der Waals surface area contributed by atoms with Gasteiger partial charge in [-0.2, -0.15) is 0 Å². The monoisotopic (exact) mass is 395 g/mol. The number of methoxy groups -OCH3 is 1. The SMILES string of the molecule is COc1ccc(NC(=O)COc2ccc(C(=O)c3ccccc3)cc2)cc1Cl. The van der Waals surface area contributed by atoms with Crippen LogP contribution in [0.15, 0.2) is 72.8 Å². The summed E-state index contributed by atoms with van der Waals surface area (Å²) < 4.78 is 10.5. The minimum atomic E-state index is -0.328. The van der Waals surface area contributed by atoms with Gasteiger partial charge in [-0.05, 0) is 42.5 Å². The second-order valence-corrected chi connectivity index (χ2v) is 6.31. The Morgan fingerprint density at radius 3 is 2.25 bits per heavy atom. The Morgan fingerprint density at radius 1 is 0.929 bits per heavy atom. The van der Waals surface area contributed by atoms with Gasteiger partial charge in [0.1, 0.15) is 11.5 Å². The van der Waals surface area contributed by atoms with E-state index in [0.717, 1.165) is 0 Å². The van der Waals surface area contributed by atoms with Gasteiger partial charge in [0.25, 0.3) is 5.91 Å². The zero-order valence-corrected chi connectivity index (χ0v) is 15.9. The predicted molar refractivity (Wildman–Crippen MR) is 108 cm³/mol. The Labute approximate surface area is 167 Å². The molecule has 3 aromatic rings. The van der Waals surface area contributed by atoms with E-state index >= 15 is 0 Å². The van der Waals surface area contributed by atoms with E-state index in [4.69, 9.17) is 21.1 Å². The smallest absolute Gasteiger partial charge is 0.262 e. The molecule has 3 aromatic carbocycles. The lowest BCUT2D eigenvalue weighted by Gasteiger charge is -2.09. The standard InChI is InChI=1S/C22H18ClNO4/c1-27-20-12-9-17(13-19(20)23)24-21(25)14-28-18-10-7-16(8-11-18)22(26)15-5-3-2-4-6-15/h2-13H,14H2,1H3,(H,24,25). The number of halogens is 1. The molecule has 6 heteroatoms. The number of rotatable bonds is 7. The van der Waals surface area contributed by atoms with Crippen molar-refractivity contribution in [2.45, 2.75) is 0 Å². The van der Waals surface area contributed by atoms with Crippen molar-refractivity contribution in [3.63, 3.8) is 0 Å². The lowest BCUT2D eigenvalue weighted by molar-refractivity contribution is -0.118. The lowest BCUT2D eigenvalue weighted by atomic mass is 10.0. The van der Waals surface area contributed by atoms with Crippen molar-refractivity contribution in [2.75, 3.05) is 19.0 Å². The van der Waals surface area contributed by atoms with Gasteiger partial charge in [0, 0.05) is 16.8 Å². The maximum absolute atomic E-state index is 12.4. The molecule has 28 heavy (non-hydrogen) atoms. The summed E-state index contributed by atoms with van der Waals surface area (Å²) in [6.45, 7) is -0.171. The third kappa shape index (κ3) is 4.90. The molecule has 0 radical (unpaired) electrons. The number of carbonyl (C=O) groups is 2. The first-order chi connectivity index (χ1) is 13.6. The van der Waals surface area contributed by atoms with Crippen molar-refractivity contribution in [3.8, 4) is 11.5 Å². The molecule has 142 valence electrons. The van der Waals surface area contributed by atoms with Crippen LogP contribution in [-0.2, 0) is 4.79 Å². The van der Waals surface area contributed by atoms with E-state index in [-0.39, 0.29) is 18.3 Å². The van der Waals surface area contributed by atoms with Gasteiger partial charge in [-0.1, -0.05) is 41.9 Å². The quantitative estimate of drug-likeness (QED) is 0.594. The summed E-state index contributed by atoms with van der Waals surface area (Å²) in [5.74, 6) is 0.625. The molecule has 1 amide bonds. The van der Waals surface area contributed by atoms with Gasteiger partial charge in [-0.25, -0.2) is 0 Å². The largest absolute Gasteiger partial charge is 0.495 e. The molecule has 0 saturated carbocycles. The predicted octanol–water partition coefficient (Wildman–Crippen LogP) is 4.60. The Morgan fingerprint density at radius 2 is 1.61 bits per heavy atom. The second-order valence-electron chi connectivity index (χ2n) is 5.91. The average Bonchev–Trinajstić information content (AvgIpc) is 2.73. The molecule has 0 atom stereocenters. The van der Waals surface area contributed by atoms with Crippen LogP contribution in [0.25, 0.3) is 0 Å². The molecule has 0 bridgehead atoms. The first-order valence-electron chi connectivity index (χ1n) is 8.53. The lowest BCUT2D eigenvalue weighted by Crippen LogP contribution is -2.20. The van der Waals surface area contributed by atoms with Gasteiger partial charge in [-0.3, -0.25) is 9.59 Å². The van der Waals surface area contributed by atoms with Gasteiger partial charge in [-0.15, -0.1) is 0 Å². The molecule has 0 spiro atoms. The Balaban J connectivity index is 1.55. The van der Waals surface area contributed by atoms with Crippen LogP contribution >= 0.6 is 11.6 Å². The van der Waals surface area contributed by atoms with Gasteiger partial charge in [0.15, 0.2) is 12.4 Å². The topological polar surface area (TPSA) is 64.6 Å². The zero-order chi connectivity index (χ0) is 19.9. The molecular weight excluding hydrogens is 378 g/mol. The normalized spacial score (nSPS) is 10.2. The first kappa shape index (κ1) is 19.5. The van der Waals surface area contributed by atoms with Crippen LogP contribution < -0.4 is 14.8 Å². The first-order valence-corrected chi connectivity index (χ1v) is 8.90. The number of nitrogens with one attached hydrogen (secondary N) is 1. The number of ether oxygens (including phenoxy) is 2. The Bertz CT molecular complexity index is 972. The fourth-order valence-electron chi connectivity index (χ4n) is 2.55. The third-order valence-electron chi connectivity index (χ3n) is 3.96. The minimum Gasteiger partial charge on any atom is -0.495 e. The van der Waals surface area contributed by atoms with Gasteiger partial charge >= 0.3 is 0 Å². The van der Waals surface area contributed by atoms with E-state index < -0.39 is 0 Å². The molecule has 1 N–H and O–H groups in total. The number of carbonyl (C=O) groups excluding carboxylic acids is 2. The number of hydrogen-bond acceptors (Lipinski definition) is 4. The number of benzene rings is 3. The highest BCUT2D eigenvalue weighted by atomic mass is 35.5. The number of ketones is 1. The second kappa shape index (κ2) is 9.06. The molecule has 0 aliphatic rings. The van der Waals surface area contributed by atoms with E-state index in [0.29, 0.717) is 33.3 Å². The molecule has 3 rings (SSSR count). The molecule has 0 fully saturated rings. The third-order valence-corrected chi connectivity index (χ3v) is 4.25. The summed E-state index contributed by atoms with van der Waals surface area (Å²) in [4.78, 5) is 24.4. The number of amides is 1. The molecule has 0 aliphatic carbocycles. The summed E-state index contributed by atoms with van der Waals surface area (Å²) in [5, 5.41) is 3.10. The highest BCUT2D eigenvalue weighted by Gasteiger charge is 2.10. The van der Waals surface area contributed by atoms with E-state index in [1.807, 2.05) is 18.2 Å². The van der Waals surface area contributed by atoms with Crippen LogP contribution in [0.5, 0.6) is 11.5 Å². The Hall–Kier alpha value is -3.31. The summed E-state index contributed by atoms with van der Waals surface area (Å²) in [6, 6.07) is 20.7. The summed E-state index contributed by atoms with van der Waals surface area (Å²) >= 11 is 6.04. The van der Waals surface area contributed by atoms with Crippen molar-refractivity contribution in [2.24, 2.45) is 0 Å². The molecule has 0 aromatic heterocycles. The van der Waals surface area contributed by atoms with Crippen LogP contribution in [0.3, 0.4) is 0 Å². The summed E-state index contributed by atoms with van der Waals surface area (Å²) in [6.07, 6.45) is 0. The van der Waals surface area contributed by atoms with E-state index in [1.165, 1.54) is 7.11 Å². The summed E-state index contributed by atoms with van der Waals surface area (Å²) in [7, 11) is 1.52. The van der Waals surface area contributed by atoms with Gasteiger partial charge in [0.2, 0.25) is 0 Å². The molecular formula is C22H18ClNO4. The van der Waals surface area contributed by atoms with Crippen molar-refractivity contribution in [1.29, 1.82) is 0 Å². The van der Waals surface area contributed by atoms with Crippen molar-refractivity contribution in [1.82, 2.24) is 0 Å². The Kier molecular flexibility index (Phi) is 6.29. The molecule has 0 aliphatic heterocycles. The van der Waals surface area contributed by atoms with Crippen LogP contribution in [0, 0.1) is 0 Å². The average molecular weight is 396 g/mol. The van der Waals surface area contributed by atoms with Crippen LogP contribution in [0.4, 0.5) is 5.69 Å². The molecule has 5 nitrogen and oxygen atoms in total. The van der Waals surface area contributed by atoms with Crippen molar-refractivity contribution < 1.29 is 19.1 Å². The fourth-order valence-corrected chi connectivity index (χ4v) is 2.81. The van der Waals surface area contributed by atoms with Crippen LogP contribution in [0.1, 0.15) is 15.9 Å². The maximum atomic E-state index is 12.4. The number of anilines is 1. The molecule has 0 unspecified atom stereocenters. The van der Waals surface area contributed by atoms with Crippen LogP contribution in [0.2, 0.25) is 5.02 Å². The van der Waals surface area contributed by atoms with Crippen molar-refractivity contribution in [3.05, 3.63) is 88.9 Å². The number of hydrogen-bond donors (Lipinski definition) is 1. The van der Waals surface area contributed by atoms with Gasteiger partial charge in [0.05, 0.1) is 12.1 Å². The zero-order valence-electron chi connectivity index (χ0n) is 15.1. The molecule has 0 saturated heterocycles. The highest BCUT2D eigenvalue weighted by Crippen LogP contribution is 2.27. The summed E-state index contributed by atoms with van der Waals surface area (Å²) in [5.41, 5.74) is 1.72. The fraction of sp³-hybridized carbons (Fsp3) is 0.0909. The van der Waals surface area contributed by atoms with Crippen molar-refractivity contribution >= 4 is 29.0 Å². The minimum absolute atomic E-state index is 0.0683.